The normalized spacial score (nSPS) is 8.82. The van der Waals surface area contributed by atoms with Crippen molar-refractivity contribution in [3.63, 3.8) is 0 Å². The third-order valence-corrected chi connectivity index (χ3v) is 2.35. The molecule has 2 nitrogen and oxygen atoms in total. The van der Waals surface area contributed by atoms with Gasteiger partial charge >= 0.3 is 0 Å². The van der Waals surface area contributed by atoms with Gasteiger partial charge in [-0.2, -0.15) is 0 Å². The average Bonchev–Trinajstić information content (AvgIpc) is 2.41. The molecule has 0 saturated carbocycles. The van der Waals surface area contributed by atoms with Gasteiger partial charge in [0, 0.05) is 18.3 Å². The maximum Gasteiger partial charge on any atom is 0.150 e. The second-order valence-corrected chi connectivity index (χ2v) is 3.59. The number of para-hydroxylation sites is 1. The molecular weight excluding hydrogens is 210 g/mol. The van der Waals surface area contributed by atoms with Crippen LogP contribution in [0.5, 0.6) is 0 Å². The maximum atomic E-state index is 10.0. The minimum atomic E-state index is 0.729. The SMILES string of the molecule is CNc1ccccc1C.O=Cc1ccccc1. The molecule has 0 atom stereocenters. The van der Waals surface area contributed by atoms with Crippen LogP contribution in [0.4, 0.5) is 5.69 Å². The molecule has 17 heavy (non-hydrogen) atoms. The second-order valence-electron chi connectivity index (χ2n) is 3.59. The summed E-state index contributed by atoms with van der Waals surface area (Å²) in [6.45, 7) is 2.09. The van der Waals surface area contributed by atoms with Crippen LogP contribution in [0.25, 0.3) is 0 Å². The number of anilines is 1. The van der Waals surface area contributed by atoms with Crippen LogP contribution >= 0.6 is 0 Å². The molecule has 0 aliphatic heterocycles. The molecule has 2 aromatic carbocycles. The molecule has 2 heteroatoms. The summed E-state index contributed by atoms with van der Waals surface area (Å²) in [6, 6.07) is 17.3. The molecule has 0 radical (unpaired) electrons. The molecule has 0 saturated heterocycles. The third kappa shape index (κ3) is 4.51. The fourth-order valence-electron chi connectivity index (χ4n) is 1.39. The van der Waals surface area contributed by atoms with E-state index in [2.05, 4.69) is 24.4 Å². The van der Waals surface area contributed by atoms with Gasteiger partial charge in [-0.05, 0) is 18.6 Å². The molecule has 0 unspecified atom stereocenters. The molecule has 0 aliphatic carbocycles. The Hall–Kier alpha value is -2.09. The summed E-state index contributed by atoms with van der Waals surface area (Å²) in [5.41, 5.74) is 3.23. The van der Waals surface area contributed by atoms with Crippen LogP contribution in [0, 0.1) is 6.92 Å². The van der Waals surface area contributed by atoms with E-state index in [0.717, 1.165) is 11.8 Å². The van der Waals surface area contributed by atoms with Crippen LogP contribution in [0.1, 0.15) is 15.9 Å². The number of nitrogens with one attached hydrogen (secondary N) is 1. The molecule has 88 valence electrons. The first-order valence-corrected chi connectivity index (χ1v) is 5.51. The van der Waals surface area contributed by atoms with Crippen molar-refractivity contribution in [1.29, 1.82) is 0 Å². The molecule has 0 fully saturated rings. The Balaban J connectivity index is 0.000000171. The lowest BCUT2D eigenvalue weighted by molar-refractivity contribution is 0.112. The Labute approximate surface area is 102 Å². The number of benzene rings is 2. The molecule has 2 aromatic rings. The molecule has 1 N–H and O–H groups in total. The van der Waals surface area contributed by atoms with Gasteiger partial charge in [0.2, 0.25) is 0 Å². The van der Waals surface area contributed by atoms with Crippen LogP contribution in [-0.4, -0.2) is 13.3 Å². The molecule has 0 spiro atoms. The summed E-state index contributed by atoms with van der Waals surface area (Å²) in [4.78, 5) is 10.0. The minimum absolute atomic E-state index is 0.729. The van der Waals surface area contributed by atoms with E-state index in [9.17, 15) is 4.79 Å². The third-order valence-electron chi connectivity index (χ3n) is 2.35. The summed E-state index contributed by atoms with van der Waals surface area (Å²) in [7, 11) is 1.93. The summed E-state index contributed by atoms with van der Waals surface area (Å²) >= 11 is 0. The Morgan fingerprint density at radius 1 is 0.941 bits per heavy atom. The Kier molecular flexibility index (Phi) is 5.52. The first-order valence-electron chi connectivity index (χ1n) is 5.51. The lowest BCUT2D eigenvalue weighted by Crippen LogP contribution is -1.89. The lowest BCUT2D eigenvalue weighted by atomic mass is 10.2. The minimum Gasteiger partial charge on any atom is -0.388 e. The number of carbonyl (C=O) groups is 1. The van der Waals surface area contributed by atoms with Crippen LogP contribution in [0.2, 0.25) is 0 Å². The van der Waals surface area contributed by atoms with Crippen molar-refractivity contribution < 1.29 is 4.79 Å². The number of aldehydes is 1. The monoisotopic (exact) mass is 227 g/mol. The van der Waals surface area contributed by atoms with E-state index in [1.54, 1.807) is 12.1 Å². The molecule has 0 heterocycles. The van der Waals surface area contributed by atoms with Crippen molar-refractivity contribution in [1.82, 2.24) is 0 Å². The largest absolute Gasteiger partial charge is 0.388 e. The van der Waals surface area contributed by atoms with Crippen LogP contribution in [0.3, 0.4) is 0 Å². The van der Waals surface area contributed by atoms with Crippen molar-refractivity contribution in [2.24, 2.45) is 0 Å². The van der Waals surface area contributed by atoms with E-state index in [0.29, 0.717) is 0 Å². The Morgan fingerprint density at radius 2 is 1.53 bits per heavy atom. The van der Waals surface area contributed by atoms with Crippen molar-refractivity contribution >= 4 is 12.0 Å². The van der Waals surface area contributed by atoms with Crippen molar-refractivity contribution in [3.05, 3.63) is 65.7 Å². The molecule has 2 rings (SSSR count). The zero-order valence-corrected chi connectivity index (χ0v) is 10.2. The smallest absolute Gasteiger partial charge is 0.150 e. The standard InChI is InChI=1S/C8H11N.C7H6O/c1-7-5-3-4-6-8(7)9-2;8-6-7-4-2-1-3-5-7/h3-6,9H,1-2H3;1-6H. The summed E-state index contributed by atoms with van der Waals surface area (Å²) in [5.74, 6) is 0. The lowest BCUT2D eigenvalue weighted by Gasteiger charge is -2.01. The number of rotatable bonds is 2. The highest BCUT2D eigenvalue weighted by atomic mass is 16.1. The first kappa shape index (κ1) is 13.0. The molecule has 0 aromatic heterocycles. The van der Waals surface area contributed by atoms with Gasteiger partial charge in [0.25, 0.3) is 0 Å². The Bertz CT molecular complexity index is 451. The van der Waals surface area contributed by atoms with Crippen molar-refractivity contribution in [2.75, 3.05) is 12.4 Å². The van der Waals surface area contributed by atoms with Gasteiger partial charge in [-0.1, -0.05) is 48.5 Å². The van der Waals surface area contributed by atoms with Gasteiger partial charge in [0.15, 0.2) is 0 Å². The predicted molar refractivity (Wildman–Crippen MR) is 72.6 cm³/mol. The topological polar surface area (TPSA) is 29.1 Å². The summed E-state index contributed by atoms with van der Waals surface area (Å²) in [5, 5.41) is 3.10. The number of hydrogen-bond donors (Lipinski definition) is 1. The van der Waals surface area contributed by atoms with Gasteiger partial charge < -0.3 is 5.32 Å². The quantitative estimate of drug-likeness (QED) is 0.795. The van der Waals surface area contributed by atoms with E-state index < -0.39 is 0 Å². The van der Waals surface area contributed by atoms with Crippen LogP contribution in [0.15, 0.2) is 54.6 Å². The fourth-order valence-corrected chi connectivity index (χ4v) is 1.39. The average molecular weight is 227 g/mol. The van der Waals surface area contributed by atoms with Crippen LogP contribution in [-0.2, 0) is 0 Å². The first-order chi connectivity index (χ1) is 8.27. The van der Waals surface area contributed by atoms with Gasteiger partial charge in [0.1, 0.15) is 6.29 Å². The number of carbonyl (C=O) groups excluding carboxylic acids is 1. The highest BCUT2D eigenvalue weighted by Gasteiger charge is 1.88. The van der Waals surface area contributed by atoms with Crippen molar-refractivity contribution in [3.8, 4) is 0 Å². The second kappa shape index (κ2) is 7.23. The summed E-state index contributed by atoms with van der Waals surface area (Å²) < 4.78 is 0. The summed E-state index contributed by atoms with van der Waals surface area (Å²) in [6.07, 6.45) is 0.833. The number of hydrogen-bond acceptors (Lipinski definition) is 2. The zero-order valence-electron chi connectivity index (χ0n) is 10.2. The molecule has 0 amide bonds. The van der Waals surface area contributed by atoms with Crippen LogP contribution < -0.4 is 5.32 Å². The van der Waals surface area contributed by atoms with E-state index in [1.165, 1.54) is 11.3 Å². The fraction of sp³-hybridized carbons (Fsp3) is 0.133. The molecular formula is C15H17NO. The molecule has 0 bridgehead atoms. The van der Waals surface area contributed by atoms with Crippen molar-refractivity contribution in [2.45, 2.75) is 6.92 Å². The highest BCUT2D eigenvalue weighted by Crippen LogP contribution is 2.10. The molecule has 0 aliphatic rings. The predicted octanol–water partition coefficient (Wildman–Crippen LogP) is 3.54. The highest BCUT2D eigenvalue weighted by molar-refractivity contribution is 5.74. The van der Waals surface area contributed by atoms with Gasteiger partial charge in [0.05, 0.1) is 0 Å². The maximum absolute atomic E-state index is 10.0. The Morgan fingerprint density at radius 3 is 1.94 bits per heavy atom. The zero-order chi connectivity index (χ0) is 12.5. The van der Waals surface area contributed by atoms with Gasteiger partial charge in [-0.25, -0.2) is 0 Å². The van der Waals surface area contributed by atoms with E-state index in [-0.39, 0.29) is 0 Å². The van der Waals surface area contributed by atoms with Gasteiger partial charge in [-0.15, -0.1) is 0 Å². The number of aryl methyl sites for hydroxylation is 1. The van der Waals surface area contributed by atoms with Gasteiger partial charge in [-0.3, -0.25) is 4.79 Å². The van der Waals surface area contributed by atoms with E-state index in [1.807, 2.05) is 37.4 Å². The van der Waals surface area contributed by atoms with E-state index in [4.69, 9.17) is 0 Å². The van der Waals surface area contributed by atoms with E-state index >= 15 is 0 Å².